The van der Waals surface area contributed by atoms with Gasteiger partial charge in [-0.25, -0.2) is 4.79 Å². The zero-order chi connectivity index (χ0) is 12.9. The van der Waals surface area contributed by atoms with E-state index in [2.05, 4.69) is 4.98 Å². The molecule has 2 aromatic rings. The number of fused-ring (bicyclic) bond motifs is 1. The summed E-state index contributed by atoms with van der Waals surface area (Å²) >= 11 is 12.0. The normalized spacial score (nSPS) is 15.0. The summed E-state index contributed by atoms with van der Waals surface area (Å²) < 4.78 is 0. The molecular formula is C13H9Cl2NO2. The topological polar surface area (TPSA) is 50.2 Å². The number of rotatable bonds is 2. The van der Waals surface area contributed by atoms with Crippen LogP contribution in [0.1, 0.15) is 34.8 Å². The van der Waals surface area contributed by atoms with Crippen LogP contribution in [0, 0.1) is 0 Å². The molecule has 18 heavy (non-hydrogen) atoms. The molecule has 1 aromatic heterocycles. The van der Waals surface area contributed by atoms with E-state index >= 15 is 0 Å². The summed E-state index contributed by atoms with van der Waals surface area (Å²) in [6.45, 7) is 0. The molecule has 0 unspecified atom stereocenters. The van der Waals surface area contributed by atoms with Crippen molar-refractivity contribution in [3.8, 4) is 0 Å². The number of carbonyl (C=O) groups is 1. The third kappa shape index (κ3) is 1.93. The SMILES string of the molecule is O=C(O)c1cc(C2CC2)nc2c(Cl)cc(Cl)cc12. The maximum atomic E-state index is 11.3. The monoisotopic (exact) mass is 281 g/mol. The second kappa shape index (κ2) is 4.11. The average molecular weight is 282 g/mol. The van der Waals surface area contributed by atoms with E-state index in [4.69, 9.17) is 23.2 Å². The van der Waals surface area contributed by atoms with Crippen molar-refractivity contribution >= 4 is 40.1 Å². The number of benzene rings is 1. The van der Waals surface area contributed by atoms with Crippen molar-refractivity contribution in [3.63, 3.8) is 0 Å². The number of hydrogen-bond donors (Lipinski definition) is 1. The van der Waals surface area contributed by atoms with Crippen molar-refractivity contribution in [1.82, 2.24) is 4.98 Å². The molecule has 92 valence electrons. The van der Waals surface area contributed by atoms with Gasteiger partial charge in [0.2, 0.25) is 0 Å². The summed E-state index contributed by atoms with van der Waals surface area (Å²) in [7, 11) is 0. The Kier molecular flexibility index (Phi) is 2.68. The van der Waals surface area contributed by atoms with E-state index in [0.717, 1.165) is 18.5 Å². The zero-order valence-corrected chi connectivity index (χ0v) is 10.8. The Labute approximate surface area is 113 Å². The molecule has 1 saturated carbocycles. The van der Waals surface area contributed by atoms with Gasteiger partial charge in [-0.1, -0.05) is 23.2 Å². The van der Waals surface area contributed by atoms with Gasteiger partial charge in [-0.05, 0) is 31.0 Å². The minimum absolute atomic E-state index is 0.214. The van der Waals surface area contributed by atoms with Crippen molar-refractivity contribution in [1.29, 1.82) is 0 Å². The molecule has 0 bridgehead atoms. The lowest BCUT2D eigenvalue weighted by Gasteiger charge is -2.08. The van der Waals surface area contributed by atoms with Crippen LogP contribution in [0.2, 0.25) is 10.0 Å². The van der Waals surface area contributed by atoms with Gasteiger partial charge in [0.15, 0.2) is 0 Å². The number of pyridine rings is 1. The zero-order valence-electron chi connectivity index (χ0n) is 9.28. The predicted octanol–water partition coefficient (Wildman–Crippen LogP) is 4.12. The molecule has 0 aliphatic heterocycles. The number of nitrogens with zero attached hydrogens (tertiary/aromatic N) is 1. The third-order valence-corrected chi connectivity index (χ3v) is 3.58. The Morgan fingerprint density at radius 2 is 2.00 bits per heavy atom. The van der Waals surface area contributed by atoms with Crippen molar-refractivity contribution in [2.75, 3.05) is 0 Å². The Hall–Kier alpha value is -1.32. The first kappa shape index (κ1) is 11.8. The van der Waals surface area contributed by atoms with E-state index in [1.54, 1.807) is 18.2 Å². The average Bonchev–Trinajstić information content (AvgIpc) is 3.11. The number of halogens is 2. The Morgan fingerprint density at radius 3 is 2.61 bits per heavy atom. The van der Waals surface area contributed by atoms with Gasteiger partial charge in [0.1, 0.15) is 0 Å². The standard InChI is InChI=1S/C13H9Cl2NO2/c14-7-3-8-9(13(17)18)5-11(6-1-2-6)16-12(8)10(15)4-7/h3-6H,1-2H2,(H,17,18). The fourth-order valence-corrected chi connectivity index (χ4v) is 2.57. The second-order valence-corrected chi connectivity index (χ2v) is 5.30. The van der Waals surface area contributed by atoms with E-state index in [9.17, 15) is 9.90 Å². The van der Waals surface area contributed by atoms with Gasteiger partial charge in [0, 0.05) is 22.0 Å². The first-order valence-corrected chi connectivity index (χ1v) is 6.35. The maximum absolute atomic E-state index is 11.3. The smallest absolute Gasteiger partial charge is 0.336 e. The fraction of sp³-hybridized carbons (Fsp3) is 0.231. The Morgan fingerprint density at radius 1 is 1.28 bits per heavy atom. The van der Waals surface area contributed by atoms with Crippen molar-refractivity contribution in [3.05, 3.63) is 39.5 Å². The number of carboxylic acid groups (broad SMARTS) is 1. The molecule has 0 radical (unpaired) electrons. The van der Waals surface area contributed by atoms with Crippen LogP contribution < -0.4 is 0 Å². The van der Waals surface area contributed by atoms with Crippen LogP contribution in [0.4, 0.5) is 0 Å². The highest BCUT2D eigenvalue weighted by Gasteiger charge is 2.27. The Bertz CT molecular complexity index is 666. The van der Waals surface area contributed by atoms with Crippen molar-refractivity contribution in [2.45, 2.75) is 18.8 Å². The summed E-state index contributed by atoms with van der Waals surface area (Å²) in [6, 6.07) is 4.81. The molecule has 0 saturated heterocycles. The first-order chi connectivity index (χ1) is 8.56. The van der Waals surface area contributed by atoms with E-state index < -0.39 is 5.97 Å². The molecule has 1 fully saturated rings. The molecular weight excluding hydrogens is 273 g/mol. The summed E-state index contributed by atoms with van der Waals surface area (Å²) in [4.78, 5) is 15.8. The van der Waals surface area contributed by atoms with Crippen LogP contribution in [0.25, 0.3) is 10.9 Å². The summed E-state index contributed by atoms with van der Waals surface area (Å²) in [5, 5.41) is 10.6. The van der Waals surface area contributed by atoms with E-state index in [1.165, 1.54) is 0 Å². The number of hydrogen-bond acceptors (Lipinski definition) is 2. The van der Waals surface area contributed by atoms with Gasteiger partial charge in [-0.3, -0.25) is 4.98 Å². The lowest BCUT2D eigenvalue weighted by molar-refractivity contribution is 0.0699. The van der Waals surface area contributed by atoms with E-state index in [-0.39, 0.29) is 5.56 Å². The molecule has 1 aromatic carbocycles. The molecule has 1 aliphatic carbocycles. The highest BCUT2D eigenvalue weighted by molar-refractivity contribution is 6.38. The molecule has 0 spiro atoms. The largest absolute Gasteiger partial charge is 0.478 e. The van der Waals surface area contributed by atoms with Gasteiger partial charge in [0.05, 0.1) is 16.1 Å². The van der Waals surface area contributed by atoms with Crippen molar-refractivity contribution < 1.29 is 9.90 Å². The molecule has 5 heteroatoms. The van der Waals surface area contributed by atoms with Gasteiger partial charge in [-0.15, -0.1) is 0 Å². The molecule has 1 aliphatic rings. The van der Waals surface area contributed by atoms with Crippen LogP contribution in [-0.2, 0) is 0 Å². The Balaban J connectivity index is 2.37. The summed E-state index contributed by atoms with van der Waals surface area (Å²) in [5.41, 5.74) is 1.54. The first-order valence-electron chi connectivity index (χ1n) is 5.59. The number of aromatic carboxylic acids is 1. The number of carboxylic acids is 1. The van der Waals surface area contributed by atoms with Crippen molar-refractivity contribution in [2.24, 2.45) is 0 Å². The second-order valence-electron chi connectivity index (χ2n) is 4.46. The van der Waals surface area contributed by atoms with Crippen LogP contribution in [-0.4, -0.2) is 16.1 Å². The summed E-state index contributed by atoms with van der Waals surface area (Å²) in [6.07, 6.45) is 2.12. The minimum Gasteiger partial charge on any atom is -0.478 e. The van der Waals surface area contributed by atoms with E-state index in [1.807, 2.05) is 0 Å². The summed E-state index contributed by atoms with van der Waals surface area (Å²) in [5.74, 6) is -0.609. The van der Waals surface area contributed by atoms with E-state index in [0.29, 0.717) is 26.9 Å². The predicted molar refractivity (Wildman–Crippen MR) is 70.7 cm³/mol. The van der Waals surface area contributed by atoms with Crippen LogP contribution in [0.5, 0.6) is 0 Å². The quantitative estimate of drug-likeness (QED) is 0.901. The molecule has 3 nitrogen and oxygen atoms in total. The van der Waals surface area contributed by atoms with Crippen LogP contribution >= 0.6 is 23.2 Å². The molecule has 3 rings (SSSR count). The maximum Gasteiger partial charge on any atom is 0.336 e. The molecule has 1 heterocycles. The molecule has 0 amide bonds. The van der Waals surface area contributed by atoms with Crippen LogP contribution in [0.15, 0.2) is 18.2 Å². The fourth-order valence-electron chi connectivity index (χ4n) is 2.04. The van der Waals surface area contributed by atoms with Gasteiger partial charge >= 0.3 is 5.97 Å². The molecule has 1 N–H and O–H groups in total. The lowest BCUT2D eigenvalue weighted by Crippen LogP contribution is -2.01. The van der Waals surface area contributed by atoms with Gasteiger partial charge < -0.3 is 5.11 Å². The van der Waals surface area contributed by atoms with Gasteiger partial charge in [0.25, 0.3) is 0 Å². The minimum atomic E-state index is -0.984. The molecule has 0 atom stereocenters. The third-order valence-electron chi connectivity index (χ3n) is 3.08. The van der Waals surface area contributed by atoms with Crippen LogP contribution in [0.3, 0.4) is 0 Å². The lowest BCUT2D eigenvalue weighted by atomic mass is 10.1. The highest BCUT2D eigenvalue weighted by Crippen LogP contribution is 2.41. The highest BCUT2D eigenvalue weighted by atomic mass is 35.5. The van der Waals surface area contributed by atoms with Gasteiger partial charge in [-0.2, -0.15) is 0 Å². The number of aromatic nitrogens is 1.